The van der Waals surface area contributed by atoms with Gasteiger partial charge in [-0.25, -0.2) is 18.1 Å². The van der Waals surface area contributed by atoms with Crippen molar-refractivity contribution in [1.82, 2.24) is 24.3 Å². The molecule has 3 aliphatic rings. The molecule has 1 aromatic rings. The first-order valence-corrected chi connectivity index (χ1v) is 12.4. The van der Waals surface area contributed by atoms with Crippen LogP contribution >= 0.6 is 0 Å². The van der Waals surface area contributed by atoms with E-state index in [1.807, 2.05) is 11.0 Å². The van der Waals surface area contributed by atoms with Gasteiger partial charge >= 0.3 is 6.03 Å². The predicted octanol–water partition coefficient (Wildman–Crippen LogP) is -1.01. The van der Waals surface area contributed by atoms with Crippen molar-refractivity contribution in [3.63, 3.8) is 0 Å². The van der Waals surface area contributed by atoms with Crippen molar-refractivity contribution in [2.24, 2.45) is 0 Å². The van der Waals surface area contributed by atoms with E-state index in [1.54, 1.807) is 4.90 Å². The molecular formula is C21H26N6O6S. The van der Waals surface area contributed by atoms with Crippen molar-refractivity contribution in [2.75, 3.05) is 59.2 Å². The number of piperazine rings is 1. The third-order valence-electron chi connectivity index (χ3n) is 6.14. The lowest BCUT2D eigenvalue weighted by molar-refractivity contribution is -0.139. The Hall–Kier alpha value is -3.05. The monoisotopic (exact) mass is 490 g/mol. The number of carbonyl (C=O) groups excluding carboxylic acids is 3. The highest BCUT2D eigenvalue weighted by atomic mass is 32.2. The summed E-state index contributed by atoms with van der Waals surface area (Å²) in [6, 6.07) is 6.23. The number of hydrogen-bond acceptors (Lipinski definition) is 8. The Morgan fingerprint density at radius 3 is 2.32 bits per heavy atom. The molecule has 0 spiro atoms. The highest BCUT2D eigenvalue weighted by Crippen LogP contribution is 2.19. The van der Waals surface area contributed by atoms with Gasteiger partial charge in [0.05, 0.1) is 42.8 Å². The van der Waals surface area contributed by atoms with E-state index in [4.69, 9.17) is 10.00 Å². The van der Waals surface area contributed by atoms with E-state index in [1.165, 1.54) is 28.6 Å². The second-order valence-electron chi connectivity index (χ2n) is 8.27. The van der Waals surface area contributed by atoms with Gasteiger partial charge in [0.1, 0.15) is 6.04 Å². The number of morpholine rings is 1. The second-order valence-corrected chi connectivity index (χ2v) is 10.2. The molecule has 0 bridgehead atoms. The number of nitriles is 1. The standard InChI is InChI=1S/C21H26N6O6S/c22-14-16-1-3-17(4-2-16)34(31,32)26-7-5-24(6-8-26)15-27-20(29)18(23-21(27)30)13-19(28)25-9-11-33-12-10-25/h1-4,18H,5-13,15H2,(H,23,30)/t18-/m1/s1. The van der Waals surface area contributed by atoms with Crippen LogP contribution in [0.1, 0.15) is 12.0 Å². The summed E-state index contributed by atoms with van der Waals surface area (Å²) in [5.41, 5.74) is 0.377. The summed E-state index contributed by atoms with van der Waals surface area (Å²) in [7, 11) is -3.71. The van der Waals surface area contributed by atoms with Gasteiger partial charge in [-0.1, -0.05) is 0 Å². The van der Waals surface area contributed by atoms with Crippen LogP contribution < -0.4 is 5.32 Å². The molecule has 3 aliphatic heterocycles. The number of sulfonamides is 1. The van der Waals surface area contributed by atoms with Gasteiger partial charge in [-0.15, -0.1) is 0 Å². The molecule has 0 unspecified atom stereocenters. The van der Waals surface area contributed by atoms with Crippen LogP contribution in [0.2, 0.25) is 0 Å². The maximum atomic E-state index is 12.9. The van der Waals surface area contributed by atoms with Gasteiger partial charge in [-0.3, -0.25) is 14.5 Å². The van der Waals surface area contributed by atoms with E-state index in [-0.39, 0.29) is 37.0 Å². The van der Waals surface area contributed by atoms with Crippen molar-refractivity contribution in [2.45, 2.75) is 17.4 Å². The molecule has 3 heterocycles. The lowest BCUT2D eigenvalue weighted by Gasteiger charge is -2.35. The van der Waals surface area contributed by atoms with Crippen molar-refractivity contribution in [1.29, 1.82) is 5.26 Å². The molecule has 0 saturated carbocycles. The number of rotatable bonds is 6. The van der Waals surface area contributed by atoms with Crippen LogP contribution in [-0.4, -0.2) is 110 Å². The van der Waals surface area contributed by atoms with Gasteiger partial charge in [0, 0.05) is 39.3 Å². The van der Waals surface area contributed by atoms with Crippen LogP contribution in [0.15, 0.2) is 29.2 Å². The summed E-state index contributed by atoms with van der Waals surface area (Å²) in [4.78, 5) is 42.2. The molecule has 182 valence electrons. The van der Waals surface area contributed by atoms with Gasteiger partial charge in [0.25, 0.3) is 5.91 Å². The summed E-state index contributed by atoms with van der Waals surface area (Å²) < 4.78 is 32.3. The highest BCUT2D eigenvalue weighted by Gasteiger charge is 2.41. The Labute approximate surface area is 197 Å². The first kappa shape index (κ1) is 24.1. The van der Waals surface area contributed by atoms with Gasteiger partial charge < -0.3 is 15.0 Å². The van der Waals surface area contributed by atoms with Crippen LogP contribution in [0.5, 0.6) is 0 Å². The average Bonchev–Trinajstić information content (AvgIpc) is 3.12. The number of amides is 4. The lowest BCUT2D eigenvalue weighted by atomic mass is 10.2. The number of hydrogen-bond donors (Lipinski definition) is 1. The third-order valence-corrected chi connectivity index (χ3v) is 8.06. The first-order chi connectivity index (χ1) is 16.3. The summed E-state index contributed by atoms with van der Waals surface area (Å²) in [5, 5.41) is 11.5. The quantitative estimate of drug-likeness (QED) is 0.500. The van der Waals surface area contributed by atoms with Gasteiger partial charge in [-0.2, -0.15) is 9.57 Å². The Kier molecular flexibility index (Phi) is 7.13. The van der Waals surface area contributed by atoms with Crippen molar-refractivity contribution < 1.29 is 27.5 Å². The Morgan fingerprint density at radius 1 is 1.06 bits per heavy atom. The van der Waals surface area contributed by atoms with Gasteiger partial charge in [-0.05, 0) is 24.3 Å². The number of urea groups is 1. The molecule has 3 fully saturated rings. The summed E-state index contributed by atoms with van der Waals surface area (Å²) in [5.74, 6) is -0.662. The molecule has 12 nitrogen and oxygen atoms in total. The van der Waals surface area contributed by atoms with Gasteiger partial charge in [0.2, 0.25) is 15.9 Å². The van der Waals surface area contributed by atoms with Crippen LogP contribution in [0.4, 0.5) is 4.79 Å². The lowest BCUT2D eigenvalue weighted by Crippen LogP contribution is -2.52. The Morgan fingerprint density at radius 2 is 1.71 bits per heavy atom. The van der Waals surface area contributed by atoms with E-state index >= 15 is 0 Å². The fourth-order valence-electron chi connectivity index (χ4n) is 4.13. The second kappa shape index (κ2) is 10.1. The number of ether oxygens (including phenoxy) is 1. The zero-order chi connectivity index (χ0) is 24.3. The third kappa shape index (κ3) is 5.05. The van der Waals surface area contributed by atoms with Crippen molar-refractivity contribution in [3.05, 3.63) is 29.8 Å². The molecule has 1 atom stereocenters. The number of nitrogens with zero attached hydrogens (tertiary/aromatic N) is 5. The topological polar surface area (TPSA) is 143 Å². The maximum absolute atomic E-state index is 12.9. The number of imide groups is 1. The van der Waals surface area contributed by atoms with E-state index < -0.39 is 28.0 Å². The highest BCUT2D eigenvalue weighted by molar-refractivity contribution is 7.89. The summed E-state index contributed by atoms with van der Waals surface area (Å²) in [6.45, 7) is 2.94. The summed E-state index contributed by atoms with van der Waals surface area (Å²) in [6.07, 6.45) is -0.0995. The molecule has 3 saturated heterocycles. The largest absolute Gasteiger partial charge is 0.378 e. The van der Waals surface area contributed by atoms with E-state index in [9.17, 15) is 22.8 Å². The molecule has 1 N–H and O–H groups in total. The normalized spacial score (nSPS) is 22.5. The number of nitrogens with one attached hydrogen (secondary N) is 1. The Bertz CT molecular complexity index is 1090. The smallest absolute Gasteiger partial charge is 0.325 e. The van der Waals surface area contributed by atoms with Crippen LogP contribution in [0, 0.1) is 11.3 Å². The van der Waals surface area contributed by atoms with Crippen LogP contribution in [0.3, 0.4) is 0 Å². The fourth-order valence-corrected chi connectivity index (χ4v) is 5.55. The zero-order valence-corrected chi connectivity index (χ0v) is 19.4. The van der Waals surface area contributed by atoms with Crippen LogP contribution in [0.25, 0.3) is 0 Å². The Balaban J connectivity index is 1.30. The summed E-state index contributed by atoms with van der Waals surface area (Å²) >= 11 is 0. The number of benzene rings is 1. The van der Waals surface area contributed by atoms with Crippen LogP contribution in [-0.2, 0) is 24.3 Å². The van der Waals surface area contributed by atoms with Gasteiger partial charge in [0.15, 0.2) is 0 Å². The van der Waals surface area contributed by atoms with E-state index in [2.05, 4.69) is 5.32 Å². The van der Waals surface area contributed by atoms with Crippen molar-refractivity contribution in [3.8, 4) is 6.07 Å². The molecule has 13 heteroatoms. The molecule has 0 aliphatic carbocycles. The molecule has 0 aromatic heterocycles. The average molecular weight is 491 g/mol. The predicted molar refractivity (Wildman–Crippen MR) is 118 cm³/mol. The fraction of sp³-hybridized carbons (Fsp3) is 0.524. The maximum Gasteiger partial charge on any atom is 0.325 e. The first-order valence-electron chi connectivity index (χ1n) is 11.0. The molecule has 34 heavy (non-hydrogen) atoms. The minimum atomic E-state index is -3.71. The minimum Gasteiger partial charge on any atom is -0.378 e. The van der Waals surface area contributed by atoms with E-state index in [0.717, 1.165) is 4.90 Å². The van der Waals surface area contributed by atoms with E-state index in [0.29, 0.717) is 45.0 Å². The number of carbonyl (C=O) groups is 3. The zero-order valence-electron chi connectivity index (χ0n) is 18.6. The van der Waals surface area contributed by atoms with Crippen molar-refractivity contribution >= 4 is 27.9 Å². The molecule has 0 radical (unpaired) electrons. The molecule has 4 rings (SSSR count). The minimum absolute atomic E-state index is 0.0255. The molecular weight excluding hydrogens is 464 g/mol. The molecule has 1 aromatic carbocycles. The SMILES string of the molecule is N#Cc1ccc(S(=O)(=O)N2CCN(CN3C(=O)N[C@H](CC(=O)N4CCOCC4)C3=O)CC2)cc1. The molecule has 4 amide bonds.